The van der Waals surface area contributed by atoms with E-state index in [9.17, 15) is 4.39 Å². The van der Waals surface area contributed by atoms with Gasteiger partial charge in [0.1, 0.15) is 5.82 Å². The number of nitrogens with zero attached hydrogens (tertiary/aromatic N) is 1. The Bertz CT molecular complexity index is 542. The molecule has 0 fully saturated rings. The van der Waals surface area contributed by atoms with Crippen LogP contribution in [0.3, 0.4) is 0 Å². The van der Waals surface area contributed by atoms with Crippen molar-refractivity contribution in [1.29, 1.82) is 0 Å². The van der Waals surface area contributed by atoms with Gasteiger partial charge in [0, 0.05) is 18.1 Å². The number of nitrogens with one attached hydrogen (secondary N) is 2. The van der Waals surface area contributed by atoms with E-state index in [4.69, 9.17) is 12.2 Å². The summed E-state index contributed by atoms with van der Waals surface area (Å²) in [5, 5.41) is 6.72. The average Bonchev–Trinajstić information content (AvgIpc) is 2.40. The molecule has 1 atom stereocenters. The Morgan fingerprint density at radius 1 is 1.16 bits per heavy atom. The maximum Gasteiger partial charge on any atom is 0.171 e. The number of thiocarbonyl (C=S) groups is 1. The molecule has 1 aromatic heterocycles. The summed E-state index contributed by atoms with van der Waals surface area (Å²) in [4.78, 5) is 3.93. The summed E-state index contributed by atoms with van der Waals surface area (Å²) in [6.07, 6.45) is 3.38. The van der Waals surface area contributed by atoms with Crippen LogP contribution in [0.25, 0.3) is 0 Å². The van der Waals surface area contributed by atoms with Gasteiger partial charge in [-0.15, -0.1) is 0 Å². The monoisotopic (exact) mass is 275 g/mol. The first-order valence-electron chi connectivity index (χ1n) is 5.88. The molecule has 5 heteroatoms. The third-order valence-electron chi connectivity index (χ3n) is 2.66. The van der Waals surface area contributed by atoms with Crippen LogP contribution in [0, 0.1) is 5.82 Å². The summed E-state index contributed by atoms with van der Waals surface area (Å²) >= 11 is 5.22. The molecule has 0 aliphatic rings. The highest BCUT2D eigenvalue weighted by atomic mass is 32.1. The van der Waals surface area contributed by atoms with Gasteiger partial charge < -0.3 is 10.6 Å². The van der Waals surface area contributed by atoms with Crippen LogP contribution < -0.4 is 10.6 Å². The Balaban J connectivity index is 1.93. The number of pyridine rings is 1. The van der Waals surface area contributed by atoms with Gasteiger partial charge in [0.25, 0.3) is 0 Å². The van der Waals surface area contributed by atoms with Crippen LogP contribution in [0.4, 0.5) is 10.1 Å². The molecule has 0 bridgehead atoms. The lowest BCUT2D eigenvalue weighted by Crippen LogP contribution is -2.30. The van der Waals surface area contributed by atoms with Gasteiger partial charge in [-0.05, 0) is 49.0 Å². The molecule has 0 saturated carbocycles. The van der Waals surface area contributed by atoms with Gasteiger partial charge in [-0.2, -0.15) is 0 Å². The summed E-state index contributed by atoms with van der Waals surface area (Å²) in [6.45, 7) is 1.97. The summed E-state index contributed by atoms with van der Waals surface area (Å²) in [7, 11) is 0. The van der Waals surface area contributed by atoms with Gasteiger partial charge in [-0.1, -0.05) is 12.1 Å². The van der Waals surface area contributed by atoms with E-state index in [0.717, 1.165) is 11.3 Å². The Morgan fingerprint density at radius 2 is 1.79 bits per heavy atom. The summed E-state index contributed by atoms with van der Waals surface area (Å²) < 4.78 is 12.8. The van der Waals surface area contributed by atoms with Crippen molar-refractivity contribution in [3.63, 3.8) is 0 Å². The molecule has 0 spiro atoms. The van der Waals surface area contributed by atoms with Crippen molar-refractivity contribution in [2.45, 2.75) is 13.0 Å². The lowest BCUT2D eigenvalue weighted by atomic mass is 10.1. The average molecular weight is 275 g/mol. The topological polar surface area (TPSA) is 37.0 Å². The molecule has 3 nitrogen and oxygen atoms in total. The van der Waals surface area contributed by atoms with Gasteiger partial charge in [0.05, 0.1) is 6.04 Å². The zero-order valence-electron chi connectivity index (χ0n) is 10.4. The van der Waals surface area contributed by atoms with Gasteiger partial charge >= 0.3 is 0 Å². The minimum Gasteiger partial charge on any atom is -0.356 e. The van der Waals surface area contributed by atoms with Crippen LogP contribution >= 0.6 is 12.2 Å². The Hall–Kier alpha value is -2.01. The number of rotatable bonds is 3. The molecule has 0 radical (unpaired) electrons. The quantitative estimate of drug-likeness (QED) is 0.843. The third kappa shape index (κ3) is 3.99. The molecule has 1 aromatic carbocycles. The van der Waals surface area contributed by atoms with Gasteiger partial charge in [-0.3, -0.25) is 4.98 Å². The summed E-state index contributed by atoms with van der Waals surface area (Å²) in [5.41, 5.74) is 1.85. The van der Waals surface area contributed by atoms with E-state index in [2.05, 4.69) is 15.6 Å². The van der Waals surface area contributed by atoms with Crippen molar-refractivity contribution in [3.05, 3.63) is 60.2 Å². The number of hydrogen-bond donors (Lipinski definition) is 2. The lowest BCUT2D eigenvalue weighted by molar-refractivity contribution is 0.624. The Labute approximate surface area is 116 Å². The number of aromatic nitrogens is 1. The Morgan fingerprint density at radius 3 is 2.42 bits per heavy atom. The fourth-order valence-electron chi connectivity index (χ4n) is 1.63. The highest BCUT2D eigenvalue weighted by molar-refractivity contribution is 7.80. The molecule has 98 valence electrons. The van der Waals surface area contributed by atoms with E-state index in [-0.39, 0.29) is 11.9 Å². The fourth-order valence-corrected chi connectivity index (χ4v) is 1.93. The fraction of sp³-hybridized carbons (Fsp3) is 0.143. The van der Waals surface area contributed by atoms with Crippen molar-refractivity contribution in [3.8, 4) is 0 Å². The molecule has 2 rings (SSSR count). The standard InChI is InChI=1S/C14H14FN3S/c1-10(11-2-4-12(15)5-3-11)17-14(19)18-13-6-8-16-9-7-13/h2-10H,1H3,(H2,16,17,18,19)/t10-/m0/s1. The van der Waals surface area contributed by atoms with Crippen molar-refractivity contribution in [2.75, 3.05) is 5.32 Å². The zero-order valence-corrected chi connectivity index (χ0v) is 11.2. The molecule has 2 aromatic rings. The Kier molecular flexibility index (Phi) is 4.41. The largest absolute Gasteiger partial charge is 0.356 e. The molecule has 2 N–H and O–H groups in total. The molecular formula is C14H14FN3S. The highest BCUT2D eigenvalue weighted by Crippen LogP contribution is 2.13. The zero-order chi connectivity index (χ0) is 13.7. The van der Waals surface area contributed by atoms with Crippen LogP contribution in [0.1, 0.15) is 18.5 Å². The van der Waals surface area contributed by atoms with Crippen molar-refractivity contribution in [2.24, 2.45) is 0 Å². The van der Waals surface area contributed by atoms with E-state index in [1.54, 1.807) is 24.5 Å². The van der Waals surface area contributed by atoms with E-state index in [1.165, 1.54) is 12.1 Å². The first-order valence-corrected chi connectivity index (χ1v) is 6.29. The third-order valence-corrected chi connectivity index (χ3v) is 2.88. The smallest absolute Gasteiger partial charge is 0.171 e. The molecule has 0 unspecified atom stereocenters. The van der Waals surface area contributed by atoms with E-state index in [1.807, 2.05) is 19.1 Å². The van der Waals surface area contributed by atoms with Crippen LogP contribution in [0.5, 0.6) is 0 Å². The van der Waals surface area contributed by atoms with Crippen LogP contribution in [0.2, 0.25) is 0 Å². The summed E-state index contributed by atoms with van der Waals surface area (Å²) in [5.74, 6) is -0.242. The minimum atomic E-state index is -0.242. The first kappa shape index (κ1) is 13.4. The summed E-state index contributed by atoms with van der Waals surface area (Å²) in [6, 6.07) is 10.0. The second kappa shape index (κ2) is 6.24. The SMILES string of the molecule is C[C@H](NC(=S)Nc1ccncc1)c1ccc(F)cc1. The van der Waals surface area contributed by atoms with Crippen LogP contribution in [0.15, 0.2) is 48.8 Å². The van der Waals surface area contributed by atoms with Gasteiger partial charge in [-0.25, -0.2) is 4.39 Å². The molecule has 1 heterocycles. The van der Waals surface area contributed by atoms with Crippen molar-refractivity contribution < 1.29 is 4.39 Å². The number of hydrogen-bond acceptors (Lipinski definition) is 2. The molecule has 0 aliphatic carbocycles. The number of halogens is 1. The molecule has 0 saturated heterocycles. The maximum atomic E-state index is 12.8. The van der Waals surface area contributed by atoms with Gasteiger partial charge in [0.2, 0.25) is 0 Å². The second-order valence-electron chi connectivity index (χ2n) is 4.11. The lowest BCUT2D eigenvalue weighted by Gasteiger charge is -2.17. The predicted molar refractivity (Wildman–Crippen MR) is 78.4 cm³/mol. The number of anilines is 1. The van der Waals surface area contributed by atoms with Crippen LogP contribution in [-0.4, -0.2) is 10.1 Å². The maximum absolute atomic E-state index is 12.8. The normalized spacial score (nSPS) is 11.7. The van der Waals surface area contributed by atoms with Crippen molar-refractivity contribution >= 4 is 23.0 Å². The minimum absolute atomic E-state index is 0.00226. The van der Waals surface area contributed by atoms with E-state index < -0.39 is 0 Å². The van der Waals surface area contributed by atoms with Gasteiger partial charge in [0.15, 0.2) is 5.11 Å². The molecule has 19 heavy (non-hydrogen) atoms. The number of benzene rings is 1. The molecule has 0 aliphatic heterocycles. The highest BCUT2D eigenvalue weighted by Gasteiger charge is 2.07. The van der Waals surface area contributed by atoms with Crippen molar-refractivity contribution in [1.82, 2.24) is 10.3 Å². The van der Waals surface area contributed by atoms with E-state index in [0.29, 0.717) is 5.11 Å². The van der Waals surface area contributed by atoms with E-state index >= 15 is 0 Å². The first-order chi connectivity index (χ1) is 9.15. The molecule has 0 amide bonds. The van der Waals surface area contributed by atoms with Crippen LogP contribution in [-0.2, 0) is 0 Å². The molecular weight excluding hydrogens is 261 g/mol. The second-order valence-corrected chi connectivity index (χ2v) is 4.52. The predicted octanol–water partition coefficient (Wildman–Crippen LogP) is 3.27.